The molecule has 0 saturated heterocycles. The van der Waals surface area contributed by atoms with Crippen LogP contribution in [0.25, 0.3) is 78.1 Å². The highest BCUT2D eigenvalue weighted by Gasteiger charge is 2.35. The predicted octanol–water partition coefficient (Wildman–Crippen LogP) is 12.1. The summed E-state index contributed by atoms with van der Waals surface area (Å²) in [5.74, 6) is 0.714. The van der Waals surface area contributed by atoms with E-state index in [1.807, 2.05) is 30.3 Å². The Morgan fingerprint density at radius 2 is 1.00 bits per heavy atom. The van der Waals surface area contributed by atoms with Crippen molar-refractivity contribution in [3.63, 3.8) is 0 Å². The summed E-state index contributed by atoms with van der Waals surface area (Å²) in [5.41, 5.74) is 15.0. The van der Waals surface area contributed by atoms with Crippen LogP contribution in [0.5, 0.6) is 0 Å². The van der Waals surface area contributed by atoms with E-state index in [1.54, 1.807) is 0 Å². The number of benzene rings is 7. The first-order valence-corrected chi connectivity index (χ1v) is 17.3. The van der Waals surface area contributed by atoms with Crippen LogP contribution >= 0.6 is 0 Å². The first kappa shape index (κ1) is 30.4. The van der Waals surface area contributed by atoms with E-state index in [4.69, 9.17) is 9.97 Å². The second-order valence-electron chi connectivity index (χ2n) is 13.8. The van der Waals surface area contributed by atoms with E-state index < -0.39 is 0 Å². The van der Waals surface area contributed by atoms with Gasteiger partial charge in [0.25, 0.3) is 0 Å². The predicted molar refractivity (Wildman–Crippen MR) is 209 cm³/mol. The van der Waals surface area contributed by atoms with Crippen molar-refractivity contribution >= 4 is 10.8 Å². The van der Waals surface area contributed by atoms with Crippen LogP contribution in [0.15, 0.2) is 164 Å². The average molecular weight is 652 g/mol. The molecule has 0 spiro atoms. The molecule has 1 heterocycles. The molecule has 0 radical (unpaired) electrons. The minimum atomic E-state index is -0.185. The summed E-state index contributed by atoms with van der Waals surface area (Å²) in [5, 5.41) is 11.8. The van der Waals surface area contributed by atoms with Crippen LogP contribution in [0.2, 0.25) is 0 Å². The summed E-state index contributed by atoms with van der Waals surface area (Å²) in [6.45, 7) is 4.51. The third-order valence-corrected chi connectivity index (χ3v) is 10.3. The lowest BCUT2D eigenvalue weighted by molar-refractivity contribution is 0.660. The fourth-order valence-corrected chi connectivity index (χ4v) is 7.59. The van der Waals surface area contributed by atoms with Crippen LogP contribution in [0.1, 0.15) is 30.5 Å². The molecule has 0 N–H and O–H groups in total. The molecule has 8 aromatic rings. The lowest BCUT2D eigenvalue weighted by Gasteiger charge is -2.22. The van der Waals surface area contributed by atoms with E-state index in [2.05, 4.69) is 153 Å². The Morgan fingerprint density at radius 1 is 0.451 bits per heavy atom. The number of hydrogen-bond acceptors (Lipinski definition) is 3. The SMILES string of the molecule is CC1(C)c2cc(C#N)ccc2-c2ccc(-c3cccc(-c4ccc(-c5cc(-c6ccccc6)nc(-c6cccc7ccccc67)n5)cc4)c3)cc21. The number of nitrogens with zero attached hydrogens (tertiary/aromatic N) is 3. The molecule has 0 saturated carbocycles. The first-order valence-electron chi connectivity index (χ1n) is 17.3. The number of rotatable bonds is 5. The molecule has 240 valence electrons. The summed E-state index contributed by atoms with van der Waals surface area (Å²) in [6.07, 6.45) is 0. The van der Waals surface area contributed by atoms with Gasteiger partial charge in [-0.3, -0.25) is 0 Å². The van der Waals surface area contributed by atoms with E-state index in [-0.39, 0.29) is 5.41 Å². The van der Waals surface area contributed by atoms with Crippen molar-refractivity contribution in [1.29, 1.82) is 5.26 Å². The number of hydrogen-bond donors (Lipinski definition) is 0. The summed E-state index contributed by atoms with van der Waals surface area (Å²) in [4.78, 5) is 10.2. The van der Waals surface area contributed by atoms with Gasteiger partial charge in [-0.25, -0.2) is 9.97 Å². The highest BCUT2D eigenvalue weighted by atomic mass is 14.9. The zero-order chi connectivity index (χ0) is 34.5. The van der Waals surface area contributed by atoms with Gasteiger partial charge in [0.05, 0.1) is 23.0 Å². The molecule has 1 aromatic heterocycles. The van der Waals surface area contributed by atoms with E-state index in [1.165, 1.54) is 38.8 Å². The lowest BCUT2D eigenvalue weighted by Crippen LogP contribution is -2.15. The normalized spacial score (nSPS) is 12.6. The van der Waals surface area contributed by atoms with Gasteiger partial charge in [-0.1, -0.05) is 147 Å². The maximum Gasteiger partial charge on any atom is 0.161 e. The van der Waals surface area contributed by atoms with Crippen LogP contribution < -0.4 is 0 Å². The molecule has 51 heavy (non-hydrogen) atoms. The van der Waals surface area contributed by atoms with Gasteiger partial charge >= 0.3 is 0 Å². The molecule has 3 nitrogen and oxygen atoms in total. The van der Waals surface area contributed by atoms with Gasteiger partial charge < -0.3 is 0 Å². The van der Waals surface area contributed by atoms with Gasteiger partial charge in [0.15, 0.2) is 5.82 Å². The molecule has 0 fully saturated rings. The quantitative estimate of drug-likeness (QED) is 0.186. The molecule has 7 aromatic carbocycles. The highest BCUT2D eigenvalue weighted by Crippen LogP contribution is 2.50. The second-order valence-corrected chi connectivity index (χ2v) is 13.8. The molecular weight excluding hydrogens is 619 g/mol. The Labute approximate surface area is 298 Å². The molecule has 1 aliphatic carbocycles. The minimum absolute atomic E-state index is 0.185. The standard InChI is InChI=1S/C48H33N3/c1-48(2)43-26-31(30-49)18-24-40(43)41-25-23-38(28-44(41)48)37-15-8-14-36(27-37)32-19-21-35(22-20-32)46-29-45(34-11-4-3-5-12-34)50-47(51-46)42-17-9-13-33-10-6-7-16-39(33)42/h3-29H,1-2H3. The molecule has 3 heteroatoms. The molecule has 0 bridgehead atoms. The zero-order valence-electron chi connectivity index (χ0n) is 28.4. The smallest absolute Gasteiger partial charge is 0.161 e. The topological polar surface area (TPSA) is 49.6 Å². The van der Waals surface area contributed by atoms with Crippen molar-refractivity contribution in [2.45, 2.75) is 19.3 Å². The summed E-state index contributed by atoms with van der Waals surface area (Å²) in [7, 11) is 0. The maximum atomic E-state index is 9.53. The number of aromatic nitrogens is 2. The summed E-state index contributed by atoms with van der Waals surface area (Å²) in [6, 6.07) is 59.8. The Kier molecular flexibility index (Phi) is 7.19. The van der Waals surface area contributed by atoms with Crippen molar-refractivity contribution < 1.29 is 0 Å². The van der Waals surface area contributed by atoms with Crippen LogP contribution in [-0.4, -0.2) is 9.97 Å². The molecule has 0 atom stereocenters. The molecule has 0 unspecified atom stereocenters. The van der Waals surface area contributed by atoms with Crippen molar-refractivity contribution in [3.8, 4) is 73.4 Å². The molecule has 1 aliphatic rings. The van der Waals surface area contributed by atoms with E-state index >= 15 is 0 Å². The van der Waals surface area contributed by atoms with Crippen LogP contribution in [0.3, 0.4) is 0 Å². The Bertz CT molecular complexity index is 2660. The van der Waals surface area contributed by atoms with Gasteiger partial charge in [0.1, 0.15) is 0 Å². The van der Waals surface area contributed by atoms with Crippen LogP contribution in [0, 0.1) is 11.3 Å². The monoisotopic (exact) mass is 651 g/mol. The highest BCUT2D eigenvalue weighted by molar-refractivity contribution is 5.95. The molecule has 0 aliphatic heterocycles. The van der Waals surface area contributed by atoms with Gasteiger partial charge in [-0.05, 0) is 85.6 Å². The third-order valence-electron chi connectivity index (χ3n) is 10.3. The fraction of sp³-hybridized carbons (Fsp3) is 0.0625. The summed E-state index contributed by atoms with van der Waals surface area (Å²) >= 11 is 0. The van der Waals surface area contributed by atoms with Crippen molar-refractivity contribution in [2.75, 3.05) is 0 Å². The molecular formula is C48H33N3. The van der Waals surface area contributed by atoms with Gasteiger partial charge in [-0.2, -0.15) is 5.26 Å². The largest absolute Gasteiger partial charge is 0.228 e. The van der Waals surface area contributed by atoms with Crippen molar-refractivity contribution in [2.24, 2.45) is 0 Å². The average Bonchev–Trinajstić information content (AvgIpc) is 3.42. The molecule has 9 rings (SSSR count). The number of fused-ring (bicyclic) bond motifs is 4. The maximum absolute atomic E-state index is 9.53. The van der Waals surface area contributed by atoms with Gasteiger partial charge in [0.2, 0.25) is 0 Å². The van der Waals surface area contributed by atoms with Crippen molar-refractivity contribution in [1.82, 2.24) is 9.97 Å². The summed E-state index contributed by atoms with van der Waals surface area (Å²) < 4.78 is 0. The first-order chi connectivity index (χ1) is 25.0. The van der Waals surface area contributed by atoms with Gasteiger partial charge in [0, 0.05) is 22.1 Å². The zero-order valence-corrected chi connectivity index (χ0v) is 28.4. The third kappa shape index (κ3) is 5.30. The van der Waals surface area contributed by atoms with Crippen LogP contribution in [0.4, 0.5) is 0 Å². The Balaban J connectivity index is 1.07. The van der Waals surface area contributed by atoms with E-state index in [0.29, 0.717) is 11.4 Å². The van der Waals surface area contributed by atoms with E-state index in [0.717, 1.165) is 44.6 Å². The fourth-order valence-electron chi connectivity index (χ4n) is 7.59. The lowest BCUT2D eigenvalue weighted by atomic mass is 9.81. The molecule has 0 amide bonds. The van der Waals surface area contributed by atoms with E-state index in [9.17, 15) is 5.26 Å². The van der Waals surface area contributed by atoms with Gasteiger partial charge in [-0.15, -0.1) is 0 Å². The minimum Gasteiger partial charge on any atom is -0.228 e. The van der Waals surface area contributed by atoms with Crippen LogP contribution in [-0.2, 0) is 5.41 Å². The van der Waals surface area contributed by atoms with Crippen molar-refractivity contribution in [3.05, 3.63) is 180 Å². The Morgan fingerprint density at radius 3 is 1.76 bits per heavy atom. The Hall–Kier alpha value is -6.63. The second kappa shape index (κ2) is 12.1. The number of nitriles is 1.